The number of rotatable bonds is 8. The van der Waals surface area contributed by atoms with Crippen LogP contribution >= 0.6 is 0 Å². The van der Waals surface area contributed by atoms with Crippen LogP contribution in [0.1, 0.15) is 63.5 Å². The molecule has 3 rings (SSSR count). The number of nitrogens with one attached hydrogen (secondary N) is 1. The standard InChI is InChI=1S/C23H29F2NO/c1-2-3-4-5-6-13-26-22-8-7-14-27-23-16-18(9-11-19(22)23)17-10-12-20(24)21(25)15-17/h9-12,15-16,22,26H,2-8,13-14H2,1H3. The van der Waals surface area contributed by atoms with Gasteiger partial charge < -0.3 is 10.1 Å². The Morgan fingerprint density at radius 2 is 1.74 bits per heavy atom. The number of fused-ring (bicyclic) bond motifs is 1. The van der Waals surface area contributed by atoms with Crippen molar-refractivity contribution < 1.29 is 13.5 Å². The van der Waals surface area contributed by atoms with E-state index in [0.29, 0.717) is 12.2 Å². The fourth-order valence-corrected chi connectivity index (χ4v) is 3.64. The topological polar surface area (TPSA) is 21.3 Å². The lowest BCUT2D eigenvalue weighted by Crippen LogP contribution is -2.22. The van der Waals surface area contributed by atoms with Crippen LogP contribution in [0, 0.1) is 11.6 Å². The molecule has 2 aromatic carbocycles. The molecule has 0 bridgehead atoms. The molecule has 2 aromatic rings. The Hall–Kier alpha value is -1.94. The van der Waals surface area contributed by atoms with Gasteiger partial charge in [0.15, 0.2) is 11.6 Å². The van der Waals surface area contributed by atoms with Gasteiger partial charge in [-0.25, -0.2) is 8.78 Å². The van der Waals surface area contributed by atoms with E-state index >= 15 is 0 Å². The summed E-state index contributed by atoms with van der Waals surface area (Å²) in [6.45, 7) is 3.93. The molecule has 4 heteroatoms. The van der Waals surface area contributed by atoms with E-state index in [1.807, 2.05) is 12.1 Å². The minimum Gasteiger partial charge on any atom is -0.493 e. The van der Waals surface area contributed by atoms with E-state index in [1.54, 1.807) is 6.07 Å². The Bertz CT molecular complexity index is 747. The van der Waals surface area contributed by atoms with E-state index in [4.69, 9.17) is 4.74 Å². The number of benzene rings is 2. The summed E-state index contributed by atoms with van der Waals surface area (Å²) in [4.78, 5) is 0. The fraction of sp³-hybridized carbons (Fsp3) is 0.478. The molecule has 27 heavy (non-hydrogen) atoms. The van der Waals surface area contributed by atoms with Crippen molar-refractivity contribution in [3.63, 3.8) is 0 Å². The molecule has 1 aliphatic rings. The molecule has 0 radical (unpaired) electrons. The van der Waals surface area contributed by atoms with Crippen LogP contribution in [0.4, 0.5) is 8.78 Å². The van der Waals surface area contributed by atoms with E-state index in [-0.39, 0.29) is 6.04 Å². The molecular formula is C23H29F2NO. The number of halogens is 2. The van der Waals surface area contributed by atoms with Crippen LogP contribution in [0.2, 0.25) is 0 Å². The molecule has 0 fully saturated rings. The second-order valence-corrected chi connectivity index (χ2v) is 7.29. The van der Waals surface area contributed by atoms with Gasteiger partial charge in [-0.3, -0.25) is 0 Å². The minimum atomic E-state index is -0.828. The third kappa shape index (κ3) is 5.29. The zero-order valence-electron chi connectivity index (χ0n) is 16.1. The summed E-state index contributed by atoms with van der Waals surface area (Å²) in [6, 6.07) is 10.3. The molecule has 0 aromatic heterocycles. The van der Waals surface area contributed by atoms with E-state index in [1.165, 1.54) is 44.2 Å². The number of ether oxygens (including phenoxy) is 1. The van der Waals surface area contributed by atoms with Gasteiger partial charge in [-0.15, -0.1) is 0 Å². The van der Waals surface area contributed by atoms with Crippen LogP contribution in [0.5, 0.6) is 5.75 Å². The molecule has 0 spiro atoms. The first-order valence-corrected chi connectivity index (χ1v) is 10.1. The molecule has 0 saturated heterocycles. The van der Waals surface area contributed by atoms with Gasteiger partial charge in [0.05, 0.1) is 6.61 Å². The first-order valence-electron chi connectivity index (χ1n) is 10.1. The van der Waals surface area contributed by atoms with Crippen LogP contribution in [-0.4, -0.2) is 13.2 Å². The molecule has 1 aliphatic heterocycles. The summed E-state index contributed by atoms with van der Waals surface area (Å²) in [7, 11) is 0. The maximum Gasteiger partial charge on any atom is 0.159 e. The van der Waals surface area contributed by atoms with Crippen LogP contribution in [0.25, 0.3) is 11.1 Å². The van der Waals surface area contributed by atoms with Gasteiger partial charge in [0.25, 0.3) is 0 Å². The number of hydrogen-bond donors (Lipinski definition) is 1. The second kappa shape index (κ2) is 9.84. The monoisotopic (exact) mass is 373 g/mol. The Morgan fingerprint density at radius 1 is 0.963 bits per heavy atom. The molecular weight excluding hydrogens is 344 g/mol. The van der Waals surface area contributed by atoms with Crippen LogP contribution in [0.15, 0.2) is 36.4 Å². The largest absolute Gasteiger partial charge is 0.493 e. The molecule has 1 N–H and O–H groups in total. The van der Waals surface area contributed by atoms with Crippen molar-refractivity contribution in [2.45, 2.75) is 57.9 Å². The van der Waals surface area contributed by atoms with Crippen molar-refractivity contribution >= 4 is 0 Å². The molecule has 0 amide bonds. The first-order chi connectivity index (χ1) is 13.2. The third-order valence-electron chi connectivity index (χ3n) is 5.21. The Kier molecular flexibility index (Phi) is 7.22. The van der Waals surface area contributed by atoms with Crippen molar-refractivity contribution in [2.75, 3.05) is 13.2 Å². The predicted octanol–water partition coefficient (Wildman–Crippen LogP) is 6.41. The summed E-state index contributed by atoms with van der Waals surface area (Å²) < 4.78 is 32.7. The lowest BCUT2D eigenvalue weighted by atomic mass is 9.97. The highest BCUT2D eigenvalue weighted by atomic mass is 19.2. The summed E-state index contributed by atoms with van der Waals surface area (Å²) in [5, 5.41) is 3.68. The van der Waals surface area contributed by atoms with Crippen LogP contribution < -0.4 is 10.1 Å². The van der Waals surface area contributed by atoms with E-state index in [9.17, 15) is 8.78 Å². The molecule has 1 atom stereocenters. The summed E-state index contributed by atoms with van der Waals surface area (Å²) >= 11 is 0. The van der Waals surface area contributed by atoms with Crippen molar-refractivity contribution in [1.29, 1.82) is 0 Å². The average molecular weight is 373 g/mol. The Labute approximate surface area is 160 Å². The van der Waals surface area contributed by atoms with E-state index < -0.39 is 11.6 Å². The maximum atomic E-state index is 13.6. The average Bonchev–Trinajstić information content (AvgIpc) is 2.88. The first kappa shape index (κ1) is 19.8. The second-order valence-electron chi connectivity index (χ2n) is 7.29. The molecule has 146 valence electrons. The van der Waals surface area contributed by atoms with Crippen molar-refractivity contribution in [1.82, 2.24) is 5.32 Å². The molecule has 1 heterocycles. The molecule has 0 saturated carbocycles. The maximum absolute atomic E-state index is 13.6. The minimum absolute atomic E-state index is 0.285. The normalized spacial score (nSPS) is 16.5. The van der Waals surface area contributed by atoms with Crippen molar-refractivity contribution in [3.8, 4) is 16.9 Å². The SMILES string of the molecule is CCCCCCCNC1CCCOc2cc(-c3ccc(F)c(F)c3)ccc21. The summed E-state index contributed by atoms with van der Waals surface area (Å²) in [6.07, 6.45) is 8.40. The van der Waals surface area contributed by atoms with Gasteiger partial charge in [0.2, 0.25) is 0 Å². The number of hydrogen-bond acceptors (Lipinski definition) is 2. The lowest BCUT2D eigenvalue weighted by molar-refractivity contribution is 0.315. The molecule has 1 unspecified atom stereocenters. The molecule has 2 nitrogen and oxygen atoms in total. The third-order valence-corrected chi connectivity index (χ3v) is 5.21. The van der Waals surface area contributed by atoms with Gasteiger partial charge in [-0.05, 0) is 55.1 Å². The van der Waals surface area contributed by atoms with Gasteiger partial charge in [0, 0.05) is 11.6 Å². The van der Waals surface area contributed by atoms with Gasteiger partial charge in [0.1, 0.15) is 5.75 Å². The highest BCUT2D eigenvalue weighted by Crippen LogP contribution is 2.35. The van der Waals surface area contributed by atoms with Crippen molar-refractivity contribution in [2.24, 2.45) is 0 Å². The summed E-state index contributed by atoms with van der Waals surface area (Å²) in [5.74, 6) is -0.808. The van der Waals surface area contributed by atoms with Gasteiger partial charge >= 0.3 is 0 Å². The highest BCUT2D eigenvalue weighted by molar-refractivity contribution is 5.66. The van der Waals surface area contributed by atoms with Gasteiger partial charge in [-0.1, -0.05) is 50.8 Å². The van der Waals surface area contributed by atoms with Crippen molar-refractivity contribution in [3.05, 3.63) is 53.6 Å². The van der Waals surface area contributed by atoms with Crippen LogP contribution in [-0.2, 0) is 0 Å². The van der Waals surface area contributed by atoms with E-state index in [2.05, 4.69) is 18.3 Å². The van der Waals surface area contributed by atoms with Crippen LogP contribution in [0.3, 0.4) is 0 Å². The van der Waals surface area contributed by atoms with E-state index in [0.717, 1.165) is 36.3 Å². The quantitative estimate of drug-likeness (QED) is 0.540. The smallest absolute Gasteiger partial charge is 0.159 e. The fourth-order valence-electron chi connectivity index (χ4n) is 3.64. The lowest BCUT2D eigenvalue weighted by Gasteiger charge is -2.19. The summed E-state index contributed by atoms with van der Waals surface area (Å²) in [5.41, 5.74) is 2.66. The number of unbranched alkanes of at least 4 members (excludes halogenated alkanes) is 4. The zero-order chi connectivity index (χ0) is 19.1. The van der Waals surface area contributed by atoms with Gasteiger partial charge in [-0.2, -0.15) is 0 Å². The highest BCUT2D eigenvalue weighted by Gasteiger charge is 2.20. The zero-order valence-corrected chi connectivity index (χ0v) is 16.1. The molecule has 0 aliphatic carbocycles. The Morgan fingerprint density at radius 3 is 2.56 bits per heavy atom. The Balaban J connectivity index is 1.70. The predicted molar refractivity (Wildman–Crippen MR) is 106 cm³/mol.